The third kappa shape index (κ3) is 1.31. The van der Waals surface area contributed by atoms with Crippen LogP contribution in [0.4, 0.5) is 0 Å². The number of nitrogens with zero attached hydrogens (tertiary/aromatic N) is 1. The second-order valence-corrected chi connectivity index (χ2v) is 5.34. The van der Waals surface area contributed by atoms with Gasteiger partial charge in [0, 0.05) is 5.38 Å². The maximum atomic E-state index is 9.14. The van der Waals surface area contributed by atoms with Gasteiger partial charge in [-0.05, 0) is 28.8 Å². The van der Waals surface area contributed by atoms with E-state index >= 15 is 0 Å². The Hall–Kier alpha value is 0.0300. The van der Waals surface area contributed by atoms with Crippen molar-refractivity contribution in [3.8, 4) is 0 Å². The van der Waals surface area contributed by atoms with Gasteiger partial charge >= 0.3 is 0 Å². The van der Waals surface area contributed by atoms with Gasteiger partial charge in [-0.3, -0.25) is 0 Å². The van der Waals surface area contributed by atoms with E-state index in [1.165, 1.54) is 11.3 Å². The molecule has 3 nitrogen and oxygen atoms in total. The summed E-state index contributed by atoms with van der Waals surface area (Å²) >= 11 is 4.81. The molecular weight excluding hydrogens is 240 g/mol. The topological polar surface area (TPSA) is 59.1 Å². The zero-order valence-electron chi connectivity index (χ0n) is 6.33. The summed E-state index contributed by atoms with van der Waals surface area (Å²) in [5.41, 5.74) is 6.51. The van der Waals surface area contributed by atoms with Crippen LogP contribution in [0.15, 0.2) is 9.30 Å². The van der Waals surface area contributed by atoms with Crippen molar-refractivity contribution in [3.05, 3.63) is 15.0 Å². The van der Waals surface area contributed by atoms with Crippen molar-refractivity contribution in [2.24, 2.45) is 5.73 Å². The molecule has 0 spiro atoms. The summed E-state index contributed by atoms with van der Waals surface area (Å²) < 4.78 is 0.851. The Balaban J connectivity index is 2.20. The molecule has 0 unspecified atom stereocenters. The molecule has 12 heavy (non-hydrogen) atoms. The van der Waals surface area contributed by atoms with E-state index in [0.29, 0.717) is 12.8 Å². The van der Waals surface area contributed by atoms with Crippen LogP contribution in [0.5, 0.6) is 0 Å². The Morgan fingerprint density at radius 1 is 1.75 bits per heavy atom. The van der Waals surface area contributed by atoms with Crippen molar-refractivity contribution < 1.29 is 5.11 Å². The summed E-state index contributed by atoms with van der Waals surface area (Å²) in [7, 11) is 0. The molecule has 3 N–H and O–H groups in total. The molecule has 0 atom stereocenters. The first kappa shape index (κ1) is 8.62. The lowest BCUT2D eigenvalue weighted by Gasteiger charge is -2.40. The van der Waals surface area contributed by atoms with Crippen LogP contribution in [0.2, 0.25) is 0 Å². The highest BCUT2D eigenvalue weighted by atomic mass is 79.9. The lowest BCUT2D eigenvalue weighted by Crippen LogP contribution is -2.51. The first-order valence-electron chi connectivity index (χ1n) is 3.69. The Morgan fingerprint density at radius 3 is 2.83 bits per heavy atom. The fraction of sp³-hybridized carbons (Fsp3) is 0.571. The molecular formula is C7H9BrN2OS. The summed E-state index contributed by atoms with van der Waals surface area (Å²) in [5, 5.41) is 11.1. The molecule has 0 bridgehead atoms. The number of nitrogens with two attached hydrogens (primary N) is 1. The number of aromatic nitrogens is 1. The van der Waals surface area contributed by atoms with Crippen molar-refractivity contribution in [1.82, 2.24) is 4.98 Å². The molecule has 1 fully saturated rings. The highest BCUT2D eigenvalue weighted by Crippen LogP contribution is 2.39. The van der Waals surface area contributed by atoms with Crippen LogP contribution < -0.4 is 5.73 Å². The van der Waals surface area contributed by atoms with Crippen LogP contribution in [0.3, 0.4) is 0 Å². The van der Waals surface area contributed by atoms with E-state index in [-0.39, 0.29) is 11.6 Å². The SMILES string of the molecule is NC1(c2csc(Br)n2)CC(O)C1. The fourth-order valence-corrected chi connectivity index (χ4v) is 2.59. The van der Waals surface area contributed by atoms with Gasteiger partial charge in [-0.1, -0.05) is 0 Å². The average Bonchev–Trinajstić information content (AvgIpc) is 2.33. The third-order valence-corrected chi connectivity index (χ3v) is 3.55. The van der Waals surface area contributed by atoms with Gasteiger partial charge in [-0.2, -0.15) is 0 Å². The van der Waals surface area contributed by atoms with Gasteiger partial charge in [-0.15, -0.1) is 11.3 Å². The van der Waals surface area contributed by atoms with Gasteiger partial charge in [0.05, 0.1) is 17.3 Å². The van der Waals surface area contributed by atoms with Gasteiger partial charge in [0.25, 0.3) is 0 Å². The average molecular weight is 249 g/mol. The zero-order valence-corrected chi connectivity index (χ0v) is 8.73. The smallest absolute Gasteiger partial charge is 0.159 e. The van der Waals surface area contributed by atoms with Gasteiger partial charge in [0.1, 0.15) is 0 Å². The first-order chi connectivity index (χ1) is 5.60. The summed E-state index contributed by atoms with van der Waals surface area (Å²) in [6.07, 6.45) is 1.02. The number of aliphatic hydroxyl groups excluding tert-OH is 1. The highest BCUT2D eigenvalue weighted by molar-refractivity contribution is 9.11. The molecule has 2 rings (SSSR count). The van der Waals surface area contributed by atoms with Crippen LogP contribution in [-0.4, -0.2) is 16.2 Å². The van der Waals surface area contributed by atoms with Crippen molar-refractivity contribution in [1.29, 1.82) is 0 Å². The summed E-state index contributed by atoms with van der Waals surface area (Å²) in [4.78, 5) is 4.24. The fourth-order valence-electron chi connectivity index (χ4n) is 1.47. The van der Waals surface area contributed by atoms with Crippen molar-refractivity contribution in [2.75, 3.05) is 0 Å². The molecule has 1 aliphatic carbocycles. The molecule has 0 radical (unpaired) electrons. The van der Waals surface area contributed by atoms with Crippen LogP contribution in [0.25, 0.3) is 0 Å². The quantitative estimate of drug-likeness (QED) is 0.786. The van der Waals surface area contributed by atoms with E-state index in [1.54, 1.807) is 0 Å². The molecule has 0 aromatic carbocycles. The molecule has 1 heterocycles. The number of rotatable bonds is 1. The van der Waals surface area contributed by atoms with E-state index in [2.05, 4.69) is 20.9 Å². The molecule has 1 aliphatic rings. The second kappa shape index (κ2) is 2.77. The molecule has 1 saturated carbocycles. The number of thiazole rings is 1. The normalized spacial score (nSPS) is 34.8. The summed E-state index contributed by atoms with van der Waals surface area (Å²) in [6, 6.07) is 0. The van der Waals surface area contributed by atoms with Crippen LogP contribution in [-0.2, 0) is 5.54 Å². The molecule has 0 saturated heterocycles. The van der Waals surface area contributed by atoms with Gasteiger partial charge < -0.3 is 10.8 Å². The van der Waals surface area contributed by atoms with Crippen molar-refractivity contribution in [3.63, 3.8) is 0 Å². The van der Waals surface area contributed by atoms with Crippen LogP contribution in [0.1, 0.15) is 18.5 Å². The minimum atomic E-state index is -0.373. The van der Waals surface area contributed by atoms with Crippen LogP contribution >= 0.6 is 27.3 Å². The Bertz CT molecular complexity index is 295. The van der Waals surface area contributed by atoms with E-state index in [0.717, 1.165) is 9.61 Å². The first-order valence-corrected chi connectivity index (χ1v) is 5.36. The van der Waals surface area contributed by atoms with Gasteiger partial charge in [0.15, 0.2) is 3.92 Å². The van der Waals surface area contributed by atoms with Crippen LogP contribution in [0, 0.1) is 0 Å². The Kier molecular flexibility index (Phi) is 1.99. The molecule has 5 heteroatoms. The van der Waals surface area contributed by atoms with E-state index in [9.17, 15) is 0 Å². The highest BCUT2D eigenvalue weighted by Gasteiger charge is 2.43. The van der Waals surface area contributed by atoms with Crippen molar-refractivity contribution >= 4 is 27.3 Å². The lowest BCUT2D eigenvalue weighted by molar-refractivity contribution is 0.0191. The zero-order chi connectivity index (χ0) is 8.77. The lowest BCUT2D eigenvalue weighted by atomic mass is 9.73. The summed E-state index contributed by atoms with van der Waals surface area (Å²) in [6.45, 7) is 0. The maximum Gasteiger partial charge on any atom is 0.159 e. The van der Waals surface area contributed by atoms with Gasteiger partial charge in [0.2, 0.25) is 0 Å². The molecule has 0 aliphatic heterocycles. The van der Waals surface area contributed by atoms with E-state index in [1.807, 2.05) is 5.38 Å². The number of halogens is 1. The Labute approximate surface area is 82.7 Å². The summed E-state index contributed by atoms with van der Waals surface area (Å²) in [5.74, 6) is 0. The van der Waals surface area contributed by atoms with Gasteiger partial charge in [-0.25, -0.2) is 4.98 Å². The number of hydrogen-bond donors (Lipinski definition) is 2. The predicted octanol–water partition coefficient (Wildman–Crippen LogP) is 1.21. The molecule has 1 aromatic rings. The molecule has 1 aromatic heterocycles. The largest absolute Gasteiger partial charge is 0.393 e. The monoisotopic (exact) mass is 248 g/mol. The maximum absolute atomic E-state index is 9.14. The minimum absolute atomic E-state index is 0.240. The third-order valence-electron chi connectivity index (χ3n) is 2.19. The van der Waals surface area contributed by atoms with E-state index in [4.69, 9.17) is 10.8 Å². The van der Waals surface area contributed by atoms with Crippen molar-refractivity contribution in [2.45, 2.75) is 24.5 Å². The standard InChI is InChI=1S/C7H9BrN2OS/c8-6-10-5(3-12-6)7(9)1-4(11)2-7/h3-4,11H,1-2,9H2. The molecule has 66 valence electrons. The minimum Gasteiger partial charge on any atom is -0.393 e. The molecule has 0 amide bonds. The Morgan fingerprint density at radius 2 is 2.42 bits per heavy atom. The number of aliphatic hydroxyl groups is 1. The van der Waals surface area contributed by atoms with E-state index < -0.39 is 0 Å². The predicted molar refractivity (Wildman–Crippen MR) is 50.9 cm³/mol. The second-order valence-electron chi connectivity index (χ2n) is 3.20. The number of hydrogen-bond acceptors (Lipinski definition) is 4.